The van der Waals surface area contributed by atoms with Gasteiger partial charge in [0.15, 0.2) is 0 Å². The van der Waals surface area contributed by atoms with Crippen LogP contribution in [-0.4, -0.2) is 16.1 Å². The number of nitrogens with zero attached hydrogens (tertiary/aromatic N) is 2. The first-order valence-electron chi connectivity index (χ1n) is 6.11. The maximum absolute atomic E-state index is 13.0. The molecule has 0 aliphatic heterocycles. The molecule has 0 aliphatic rings. The molecule has 0 fully saturated rings. The van der Waals surface area contributed by atoms with E-state index >= 15 is 0 Å². The van der Waals surface area contributed by atoms with Gasteiger partial charge in [0.25, 0.3) is 0 Å². The number of hydrogen-bond acceptors (Lipinski definition) is 2. The van der Waals surface area contributed by atoms with E-state index in [-0.39, 0.29) is 11.9 Å². The highest BCUT2D eigenvalue weighted by Crippen LogP contribution is 2.22. The van der Waals surface area contributed by atoms with Gasteiger partial charge in [0.1, 0.15) is 11.6 Å². The number of hydrogen-bond donors (Lipinski definition) is 1. The van der Waals surface area contributed by atoms with Gasteiger partial charge in [-0.15, -0.1) is 0 Å². The van der Waals surface area contributed by atoms with Crippen LogP contribution in [0.2, 0.25) is 0 Å². The summed E-state index contributed by atoms with van der Waals surface area (Å²) < 4.78 is 15.0. The fourth-order valence-corrected chi connectivity index (χ4v) is 2.13. The van der Waals surface area contributed by atoms with Crippen LogP contribution in [0.5, 0.6) is 0 Å². The summed E-state index contributed by atoms with van der Waals surface area (Å²) >= 11 is 0. The average Bonchev–Trinajstić information content (AvgIpc) is 2.82. The second kappa shape index (κ2) is 5.31. The van der Waals surface area contributed by atoms with Crippen LogP contribution >= 0.6 is 0 Å². The SMILES string of the molecule is CC(C)c1nccn1C(CN)c1ccc(F)cc1. The van der Waals surface area contributed by atoms with Gasteiger partial charge in [-0.1, -0.05) is 26.0 Å². The minimum atomic E-state index is -0.232. The molecule has 0 aliphatic carbocycles. The zero-order valence-electron chi connectivity index (χ0n) is 10.7. The molecule has 1 unspecified atom stereocenters. The molecular formula is C14H18FN3. The Morgan fingerprint density at radius 1 is 1.28 bits per heavy atom. The van der Waals surface area contributed by atoms with Gasteiger partial charge in [-0.2, -0.15) is 0 Å². The predicted octanol–water partition coefficient (Wildman–Crippen LogP) is 2.69. The number of imidazole rings is 1. The van der Waals surface area contributed by atoms with E-state index in [1.165, 1.54) is 12.1 Å². The van der Waals surface area contributed by atoms with Gasteiger partial charge >= 0.3 is 0 Å². The van der Waals surface area contributed by atoms with Crippen molar-refractivity contribution in [2.75, 3.05) is 6.54 Å². The van der Waals surface area contributed by atoms with Crippen molar-refractivity contribution in [2.24, 2.45) is 5.73 Å². The molecule has 0 saturated carbocycles. The van der Waals surface area contributed by atoms with E-state index in [4.69, 9.17) is 5.73 Å². The van der Waals surface area contributed by atoms with Gasteiger partial charge < -0.3 is 10.3 Å². The maximum atomic E-state index is 13.0. The van der Waals surface area contributed by atoms with Crippen LogP contribution in [0, 0.1) is 5.82 Å². The van der Waals surface area contributed by atoms with Gasteiger partial charge in [0.2, 0.25) is 0 Å². The van der Waals surface area contributed by atoms with Crippen molar-refractivity contribution in [3.8, 4) is 0 Å². The molecule has 2 aromatic rings. The predicted molar refractivity (Wildman–Crippen MR) is 69.9 cm³/mol. The van der Waals surface area contributed by atoms with E-state index in [0.717, 1.165) is 11.4 Å². The summed E-state index contributed by atoms with van der Waals surface area (Å²) in [5.74, 6) is 1.09. The Hall–Kier alpha value is -1.68. The van der Waals surface area contributed by atoms with E-state index in [9.17, 15) is 4.39 Å². The first-order chi connectivity index (χ1) is 8.63. The Labute approximate surface area is 106 Å². The lowest BCUT2D eigenvalue weighted by Crippen LogP contribution is -2.22. The normalized spacial score (nSPS) is 12.9. The molecule has 1 heterocycles. The van der Waals surface area contributed by atoms with E-state index in [1.807, 2.05) is 6.20 Å². The van der Waals surface area contributed by atoms with Crippen LogP contribution in [0.25, 0.3) is 0 Å². The molecule has 0 saturated heterocycles. The van der Waals surface area contributed by atoms with Gasteiger partial charge in [-0.05, 0) is 17.7 Å². The Morgan fingerprint density at radius 2 is 1.94 bits per heavy atom. The molecule has 4 heteroatoms. The maximum Gasteiger partial charge on any atom is 0.123 e. The second-order valence-electron chi connectivity index (χ2n) is 4.65. The Balaban J connectivity index is 2.39. The number of aromatic nitrogens is 2. The van der Waals surface area contributed by atoms with Crippen LogP contribution < -0.4 is 5.73 Å². The molecule has 0 radical (unpaired) electrons. The summed E-state index contributed by atoms with van der Waals surface area (Å²) in [7, 11) is 0. The number of halogens is 1. The highest BCUT2D eigenvalue weighted by molar-refractivity contribution is 5.22. The highest BCUT2D eigenvalue weighted by Gasteiger charge is 2.17. The fraction of sp³-hybridized carbons (Fsp3) is 0.357. The molecule has 1 aromatic heterocycles. The average molecular weight is 247 g/mol. The van der Waals surface area contributed by atoms with E-state index < -0.39 is 0 Å². The molecule has 18 heavy (non-hydrogen) atoms. The van der Waals surface area contributed by atoms with Crippen LogP contribution in [0.4, 0.5) is 4.39 Å². The van der Waals surface area contributed by atoms with E-state index in [1.54, 1.807) is 18.3 Å². The molecular weight excluding hydrogens is 229 g/mol. The van der Waals surface area contributed by atoms with Crippen molar-refractivity contribution in [3.63, 3.8) is 0 Å². The first-order valence-corrected chi connectivity index (χ1v) is 6.11. The third-order valence-corrected chi connectivity index (χ3v) is 3.03. The molecule has 0 amide bonds. The number of nitrogens with two attached hydrogens (primary N) is 1. The van der Waals surface area contributed by atoms with E-state index in [2.05, 4.69) is 23.4 Å². The summed E-state index contributed by atoms with van der Waals surface area (Å²) in [6.45, 7) is 4.65. The Bertz CT molecular complexity index is 502. The van der Waals surface area contributed by atoms with Crippen LogP contribution in [0.1, 0.15) is 37.2 Å². The lowest BCUT2D eigenvalue weighted by molar-refractivity contribution is 0.546. The van der Waals surface area contributed by atoms with Crippen molar-refractivity contribution >= 4 is 0 Å². The quantitative estimate of drug-likeness (QED) is 0.902. The number of benzene rings is 1. The second-order valence-corrected chi connectivity index (χ2v) is 4.65. The Kier molecular flexibility index (Phi) is 3.77. The summed E-state index contributed by atoms with van der Waals surface area (Å²) in [6.07, 6.45) is 3.71. The fourth-order valence-electron chi connectivity index (χ4n) is 2.13. The molecule has 2 N–H and O–H groups in total. The van der Waals surface area contributed by atoms with Crippen molar-refractivity contribution in [1.29, 1.82) is 0 Å². The number of rotatable bonds is 4. The van der Waals surface area contributed by atoms with Crippen LogP contribution in [-0.2, 0) is 0 Å². The van der Waals surface area contributed by atoms with Gasteiger partial charge in [-0.3, -0.25) is 0 Å². The van der Waals surface area contributed by atoms with Crippen LogP contribution in [0.3, 0.4) is 0 Å². The zero-order chi connectivity index (χ0) is 13.1. The lowest BCUT2D eigenvalue weighted by atomic mass is 10.1. The van der Waals surface area contributed by atoms with Gasteiger partial charge in [0.05, 0.1) is 6.04 Å². The van der Waals surface area contributed by atoms with Crippen molar-refractivity contribution in [2.45, 2.75) is 25.8 Å². The third-order valence-electron chi connectivity index (χ3n) is 3.03. The topological polar surface area (TPSA) is 43.8 Å². The van der Waals surface area contributed by atoms with Crippen molar-refractivity contribution < 1.29 is 4.39 Å². The Morgan fingerprint density at radius 3 is 2.50 bits per heavy atom. The molecule has 2 rings (SSSR count). The summed E-state index contributed by atoms with van der Waals surface area (Å²) in [6, 6.07) is 6.48. The highest BCUT2D eigenvalue weighted by atomic mass is 19.1. The molecule has 1 aromatic carbocycles. The minimum absolute atomic E-state index is 0.00509. The van der Waals surface area contributed by atoms with Crippen LogP contribution in [0.15, 0.2) is 36.7 Å². The largest absolute Gasteiger partial charge is 0.328 e. The molecule has 1 atom stereocenters. The van der Waals surface area contributed by atoms with Gasteiger partial charge in [-0.25, -0.2) is 9.37 Å². The monoisotopic (exact) mass is 247 g/mol. The minimum Gasteiger partial charge on any atom is -0.328 e. The van der Waals surface area contributed by atoms with Crippen molar-refractivity contribution in [3.05, 3.63) is 53.9 Å². The standard InChI is InChI=1S/C14H18FN3/c1-10(2)14-17-7-8-18(14)13(9-16)11-3-5-12(15)6-4-11/h3-8,10,13H,9,16H2,1-2H3. The molecule has 96 valence electrons. The molecule has 0 bridgehead atoms. The lowest BCUT2D eigenvalue weighted by Gasteiger charge is -2.21. The smallest absolute Gasteiger partial charge is 0.123 e. The summed E-state index contributed by atoms with van der Waals surface area (Å²) in [4.78, 5) is 4.36. The van der Waals surface area contributed by atoms with E-state index in [0.29, 0.717) is 12.5 Å². The molecule has 0 spiro atoms. The first kappa shape index (κ1) is 12.8. The van der Waals surface area contributed by atoms with Gasteiger partial charge in [0, 0.05) is 24.9 Å². The summed E-state index contributed by atoms with van der Waals surface area (Å²) in [5.41, 5.74) is 6.86. The van der Waals surface area contributed by atoms with Crippen molar-refractivity contribution in [1.82, 2.24) is 9.55 Å². The summed E-state index contributed by atoms with van der Waals surface area (Å²) in [5, 5.41) is 0. The molecule has 3 nitrogen and oxygen atoms in total. The third kappa shape index (κ3) is 2.43. The zero-order valence-corrected chi connectivity index (χ0v) is 10.7.